The van der Waals surface area contributed by atoms with Gasteiger partial charge in [0.15, 0.2) is 0 Å². The number of hydrogen-bond acceptors (Lipinski definition) is 2. The maximum Gasteiger partial charge on any atom is 0.262 e. The van der Waals surface area contributed by atoms with Crippen molar-refractivity contribution >= 4 is 18.2 Å². The third-order valence-electron chi connectivity index (χ3n) is 0.822. The molecule has 0 saturated carbocycles. The number of rotatable bonds is 4. The minimum atomic E-state index is -5.12. The van der Waals surface area contributed by atoms with E-state index in [-0.39, 0.29) is 0 Å². The second kappa shape index (κ2) is 3.69. The van der Waals surface area contributed by atoms with Gasteiger partial charge in [-0.2, -0.15) is 8.42 Å². The molecule has 0 aliphatic carbocycles. The van der Waals surface area contributed by atoms with E-state index in [1.54, 1.807) is 0 Å². The van der Waals surface area contributed by atoms with Gasteiger partial charge in [-0.05, 0) is 0 Å². The highest BCUT2D eigenvalue weighted by Crippen LogP contribution is 2.13. The highest BCUT2D eigenvalue weighted by molar-refractivity contribution is 7.87. The van der Waals surface area contributed by atoms with Crippen molar-refractivity contribution in [3.8, 4) is 0 Å². The van der Waals surface area contributed by atoms with Crippen molar-refractivity contribution in [2.75, 3.05) is 5.33 Å². The van der Waals surface area contributed by atoms with Crippen molar-refractivity contribution in [2.45, 2.75) is 32.4 Å². The monoisotopic (exact) mass is 202 g/mol. The molecule has 0 rings (SSSR count). The molecule has 1 N–H and O–H groups in total. The molecule has 0 bridgehead atoms. The SMILES string of the molecule is [2H]C([2H])(C)C([2H])([2H])[Si](C)(C)C([2H])([2H])S(=O)(=O)O. The van der Waals surface area contributed by atoms with Crippen molar-refractivity contribution in [3.63, 3.8) is 0 Å². The van der Waals surface area contributed by atoms with E-state index in [9.17, 15) is 8.42 Å². The maximum absolute atomic E-state index is 11.0. The fraction of sp³-hybridized carbons (Fsp3) is 1.00. The van der Waals surface area contributed by atoms with Crippen LogP contribution in [0.3, 0.4) is 0 Å². The lowest BCUT2D eigenvalue weighted by molar-refractivity contribution is 0.488. The van der Waals surface area contributed by atoms with Gasteiger partial charge in [-0.3, -0.25) is 4.55 Å². The fourth-order valence-electron chi connectivity index (χ4n) is 0.660. The third kappa shape index (κ3) is 6.52. The topological polar surface area (TPSA) is 54.4 Å². The van der Waals surface area contributed by atoms with Gasteiger partial charge in [0, 0.05) is 8.22 Å². The molecule has 0 heterocycles. The molecule has 0 radical (unpaired) electrons. The van der Waals surface area contributed by atoms with Crippen LogP contribution in [0, 0.1) is 0 Å². The molecule has 11 heavy (non-hydrogen) atoms. The largest absolute Gasteiger partial charge is 0.286 e. The molecule has 0 aromatic heterocycles. The smallest absolute Gasteiger partial charge is 0.262 e. The van der Waals surface area contributed by atoms with E-state index in [1.165, 1.54) is 0 Å². The second-order valence-corrected chi connectivity index (χ2v) is 7.84. The van der Waals surface area contributed by atoms with Gasteiger partial charge in [-0.1, -0.05) is 32.4 Å². The molecule has 0 amide bonds. The second-order valence-electron chi connectivity index (χ2n) is 2.58. The molecule has 0 atom stereocenters. The Bertz CT molecular complexity index is 398. The molecule has 0 aliphatic heterocycles. The highest BCUT2D eigenvalue weighted by Gasteiger charge is 2.25. The summed E-state index contributed by atoms with van der Waals surface area (Å²) in [7, 11) is -9.09. The molecule has 0 saturated heterocycles. The van der Waals surface area contributed by atoms with Crippen LogP contribution in [0.15, 0.2) is 0 Å². The molecular formula is C6H16O3SSi. The van der Waals surface area contributed by atoms with Crippen molar-refractivity contribution in [2.24, 2.45) is 0 Å². The molecule has 0 aromatic carbocycles. The summed E-state index contributed by atoms with van der Waals surface area (Å²) < 4.78 is 75.7. The summed E-state index contributed by atoms with van der Waals surface area (Å²) in [5.74, 6) is -2.67. The van der Waals surface area contributed by atoms with Crippen molar-refractivity contribution in [3.05, 3.63) is 0 Å². The van der Waals surface area contributed by atoms with Crippen LogP contribution >= 0.6 is 0 Å². The molecular weight excluding hydrogens is 180 g/mol. The lowest BCUT2D eigenvalue weighted by Crippen LogP contribution is -2.35. The van der Waals surface area contributed by atoms with Crippen LogP contribution in [0.25, 0.3) is 0 Å². The maximum atomic E-state index is 11.0. The average Bonchev–Trinajstić information content (AvgIpc) is 1.98. The first-order valence-electron chi connectivity index (χ1n) is 5.97. The minimum Gasteiger partial charge on any atom is -0.286 e. The summed E-state index contributed by atoms with van der Waals surface area (Å²) in [4.78, 5) is 0. The predicted octanol–water partition coefficient (Wildman–Crippen LogP) is 1.53. The van der Waals surface area contributed by atoms with E-state index in [4.69, 9.17) is 12.8 Å². The van der Waals surface area contributed by atoms with Gasteiger partial charge in [0.25, 0.3) is 10.1 Å². The van der Waals surface area contributed by atoms with Crippen LogP contribution in [0.1, 0.15) is 21.5 Å². The fourth-order valence-corrected chi connectivity index (χ4v) is 4.07. The van der Waals surface area contributed by atoms with Gasteiger partial charge < -0.3 is 0 Å². The third-order valence-corrected chi connectivity index (χ3v) is 4.77. The van der Waals surface area contributed by atoms with E-state index in [0.717, 1.165) is 20.0 Å². The Balaban J connectivity index is 5.91. The molecule has 0 unspecified atom stereocenters. The molecule has 68 valence electrons. The van der Waals surface area contributed by atoms with Crippen LogP contribution in [-0.4, -0.2) is 26.4 Å². The zero-order valence-corrected chi connectivity index (χ0v) is 8.49. The van der Waals surface area contributed by atoms with Crippen molar-refractivity contribution in [1.29, 1.82) is 0 Å². The quantitative estimate of drug-likeness (QED) is 0.555. The number of hydrogen-bond donors (Lipinski definition) is 1. The van der Waals surface area contributed by atoms with Gasteiger partial charge in [-0.25, -0.2) is 0 Å². The van der Waals surface area contributed by atoms with Crippen LogP contribution < -0.4 is 0 Å². The average molecular weight is 202 g/mol. The molecule has 0 aliphatic rings. The first-order valence-corrected chi connectivity index (χ1v) is 7.41. The lowest BCUT2D eigenvalue weighted by Gasteiger charge is -2.18. The standard InChI is InChI=1S/C6H16O3SSi/c1-4-5-11(2,3)6-10(7,8)9/h4-6H2,1-3H3,(H,7,8,9)/i4D2,5D2,6D2. The summed E-state index contributed by atoms with van der Waals surface area (Å²) >= 11 is 0. The Labute approximate surface area is 78.0 Å². The zero-order chi connectivity index (χ0) is 14.5. The van der Waals surface area contributed by atoms with Crippen molar-refractivity contribution < 1.29 is 21.2 Å². The summed E-state index contributed by atoms with van der Waals surface area (Å²) in [6, 6.07) is 0. The van der Waals surface area contributed by atoms with Gasteiger partial charge in [0.1, 0.15) is 0 Å². The Hall–Kier alpha value is 0.127. The van der Waals surface area contributed by atoms with E-state index in [1.807, 2.05) is 0 Å². The molecule has 5 heteroatoms. The van der Waals surface area contributed by atoms with Gasteiger partial charge in [0.05, 0.1) is 13.4 Å². The van der Waals surface area contributed by atoms with Crippen LogP contribution in [0.2, 0.25) is 19.1 Å². The first kappa shape index (κ1) is 4.39. The molecule has 3 nitrogen and oxygen atoms in total. The first-order chi connectivity index (χ1) is 7.00. The van der Waals surface area contributed by atoms with Crippen LogP contribution in [-0.2, 0) is 10.1 Å². The van der Waals surface area contributed by atoms with E-state index in [2.05, 4.69) is 0 Å². The lowest BCUT2D eigenvalue weighted by atomic mass is 10.6. The molecule has 0 spiro atoms. The van der Waals surface area contributed by atoms with Crippen LogP contribution in [0.4, 0.5) is 0 Å². The highest BCUT2D eigenvalue weighted by atomic mass is 32.2. The van der Waals surface area contributed by atoms with Crippen LogP contribution in [0.5, 0.6) is 0 Å². The Morgan fingerprint density at radius 1 is 1.55 bits per heavy atom. The molecule has 0 aromatic rings. The summed E-state index contributed by atoms with van der Waals surface area (Å²) in [6.07, 6.45) is -2.42. The van der Waals surface area contributed by atoms with Gasteiger partial charge in [0.2, 0.25) is 0 Å². The Morgan fingerprint density at radius 3 is 2.27 bits per heavy atom. The van der Waals surface area contributed by atoms with E-state index >= 15 is 0 Å². The van der Waals surface area contributed by atoms with E-state index < -0.39 is 35.9 Å². The van der Waals surface area contributed by atoms with E-state index in [0.29, 0.717) is 0 Å². The minimum absolute atomic E-state index is 0.918. The predicted molar refractivity (Wildman–Crippen MR) is 49.0 cm³/mol. The van der Waals surface area contributed by atoms with Crippen molar-refractivity contribution in [1.82, 2.24) is 0 Å². The molecule has 0 fully saturated rings. The summed E-state index contributed by atoms with van der Waals surface area (Å²) in [6.45, 7) is 3.03. The van der Waals surface area contributed by atoms with Gasteiger partial charge >= 0.3 is 0 Å². The van der Waals surface area contributed by atoms with Gasteiger partial charge in [-0.15, -0.1) is 0 Å². The zero-order valence-electron chi connectivity index (χ0n) is 12.7. The Kier molecular flexibility index (Phi) is 1.47. The Morgan fingerprint density at radius 2 is 2.00 bits per heavy atom. The normalized spacial score (nSPS) is 25.5. The summed E-state index contributed by atoms with van der Waals surface area (Å²) in [5.41, 5.74) is 0. The summed E-state index contributed by atoms with van der Waals surface area (Å²) in [5, 5.41) is -3.17.